The van der Waals surface area contributed by atoms with E-state index in [4.69, 9.17) is 0 Å². The number of hydrogen-bond acceptors (Lipinski definition) is 5. The summed E-state index contributed by atoms with van der Waals surface area (Å²) in [5, 5.41) is 7.96. The van der Waals surface area contributed by atoms with E-state index in [1.165, 1.54) is 7.11 Å². The highest BCUT2D eigenvalue weighted by Crippen LogP contribution is 2.19. The van der Waals surface area contributed by atoms with Crippen LogP contribution in [0.3, 0.4) is 0 Å². The van der Waals surface area contributed by atoms with Crippen LogP contribution in [0.2, 0.25) is 0 Å². The van der Waals surface area contributed by atoms with E-state index < -0.39 is 5.97 Å². The molecule has 0 aliphatic heterocycles. The van der Waals surface area contributed by atoms with E-state index in [2.05, 4.69) is 20.1 Å². The van der Waals surface area contributed by atoms with Crippen LogP contribution in [0, 0.1) is 0 Å². The summed E-state index contributed by atoms with van der Waals surface area (Å²) in [6, 6.07) is 8.28. The van der Waals surface area contributed by atoms with E-state index in [9.17, 15) is 9.59 Å². The van der Waals surface area contributed by atoms with E-state index in [-0.39, 0.29) is 11.9 Å². The molecule has 25 heavy (non-hydrogen) atoms. The van der Waals surface area contributed by atoms with E-state index in [0.717, 1.165) is 11.0 Å². The molecule has 7 nitrogen and oxygen atoms in total. The predicted octanol–water partition coefficient (Wildman–Crippen LogP) is 3.05. The van der Waals surface area contributed by atoms with Gasteiger partial charge in [0.1, 0.15) is 0 Å². The van der Waals surface area contributed by atoms with Gasteiger partial charge >= 0.3 is 5.97 Å². The predicted molar refractivity (Wildman–Crippen MR) is 93.6 cm³/mol. The third kappa shape index (κ3) is 3.35. The minimum atomic E-state index is -0.441. The lowest BCUT2D eigenvalue weighted by Gasteiger charge is -2.08. The number of carbonyl (C=O) groups is 2. The van der Waals surface area contributed by atoms with E-state index in [0.29, 0.717) is 16.8 Å². The van der Waals surface area contributed by atoms with E-state index in [1.54, 1.807) is 36.7 Å². The Morgan fingerprint density at radius 1 is 1.12 bits per heavy atom. The molecule has 0 aliphatic rings. The standard InChI is InChI=1S/C18H18N4O3/c1-11(2)22-16-14(9-20-22)8-15(10-19-16)21-17(23)12-4-6-13(7-5-12)18(24)25-3/h4-11H,1-3H3,(H,21,23). The van der Waals surface area contributed by atoms with Crippen molar-refractivity contribution in [2.24, 2.45) is 0 Å². The van der Waals surface area contributed by atoms with Crippen LogP contribution in [0.4, 0.5) is 5.69 Å². The Kier molecular flexibility index (Phi) is 4.47. The molecule has 0 saturated heterocycles. The highest BCUT2D eigenvalue weighted by atomic mass is 16.5. The zero-order chi connectivity index (χ0) is 18.0. The molecule has 3 rings (SSSR count). The third-order valence-corrected chi connectivity index (χ3v) is 3.75. The Balaban J connectivity index is 1.78. The second-order valence-corrected chi connectivity index (χ2v) is 5.84. The minimum Gasteiger partial charge on any atom is -0.465 e. The SMILES string of the molecule is COC(=O)c1ccc(C(=O)Nc2cnc3c(cnn3C(C)C)c2)cc1. The molecule has 3 aromatic rings. The van der Waals surface area contributed by atoms with Crippen LogP contribution < -0.4 is 5.32 Å². The van der Waals surface area contributed by atoms with Crippen molar-refractivity contribution in [1.82, 2.24) is 14.8 Å². The molecule has 2 aromatic heterocycles. The van der Waals surface area contributed by atoms with Gasteiger partial charge in [-0.15, -0.1) is 0 Å². The number of benzene rings is 1. The average molecular weight is 338 g/mol. The molecule has 1 aromatic carbocycles. The van der Waals surface area contributed by atoms with Gasteiger partial charge in [0.15, 0.2) is 5.65 Å². The van der Waals surface area contributed by atoms with Gasteiger partial charge in [0.2, 0.25) is 0 Å². The Bertz CT molecular complexity index is 929. The summed E-state index contributed by atoms with van der Waals surface area (Å²) >= 11 is 0. The first-order valence-electron chi connectivity index (χ1n) is 7.82. The Morgan fingerprint density at radius 3 is 2.44 bits per heavy atom. The number of ether oxygens (including phenoxy) is 1. The fourth-order valence-corrected chi connectivity index (χ4v) is 2.47. The van der Waals surface area contributed by atoms with Crippen molar-refractivity contribution in [3.8, 4) is 0 Å². The highest BCUT2D eigenvalue weighted by Gasteiger charge is 2.11. The number of methoxy groups -OCH3 is 1. The number of aromatic nitrogens is 3. The number of nitrogens with one attached hydrogen (secondary N) is 1. The van der Waals surface area contributed by atoms with Gasteiger partial charge in [-0.1, -0.05) is 0 Å². The summed E-state index contributed by atoms with van der Waals surface area (Å²) in [6.07, 6.45) is 3.33. The second-order valence-electron chi connectivity index (χ2n) is 5.84. The molecule has 0 atom stereocenters. The lowest BCUT2D eigenvalue weighted by atomic mass is 10.1. The van der Waals surface area contributed by atoms with E-state index in [1.807, 2.05) is 24.6 Å². The van der Waals surface area contributed by atoms with Gasteiger partial charge in [0.25, 0.3) is 5.91 Å². The maximum atomic E-state index is 12.3. The molecule has 0 bridgehead atoms. The van der Waals surface area contributed by atoms with Crippen molar-refractivity contribution in [3.63, 3.8) is 0 Å². The fraction of sp³-hybridized carbons (Fsp3) is 0.222. The smallest absolute Gasteiger partial charge is 0.337 e. The van der Waals surface area contributed by atoms with Gasteiger partial charge in [-0.25, -0.2) is 14.5 Å². The first-order valence-corrected chi connectivity index (χ1v) is 7.82. The van der Waals surface area contributed by atoms with Crippen molar-refractivity contribution in [2.45, 2.75) is 19.9 Å². The molecule has 0 fully saturated rings. The van der Waals surface area contributed by atoms with Crippen LogP contribution in [0.1, 0.15) is 40.6 Å². The number of anilines is 1. The Morgan fingerprint density at radius 2 is 1.80 bits per heavy atom. The van der Waals surface area contributed by atoms with Gasteiger partial charge in [-0.05, 0) is 44.2 Å². The monoisotopic (exact) mass is 338 g/mol. The first-order chi connectivity index (χ1) is 12.0. The maximum Gasteiger partial charge on any atom is 0.337 e. The summed E-state index contributed by atoms with van der Waals surface area (Å²) in [4.78, 5) is 28.1. The summed E-state index contributed by atoms with van der Waals surface area (Å²) in [5.41, 5.74) is 2.18. The molecule has 0 unspecified atom stereocenters. The summed E-state index contributed by atoms with van der Waals surface area (Å²) in [6.45, 7) is 4.06. The van der Waals surface area contributed by atoms with Crippen LogP contribution in [0.15, 0.2) is 42.7 Å². The Hall–Kier alpha value is -3.22. The molecule has 2 heterocycles. The van der Waals surface area contributed by atoms with E-state index >= 15 is 0 Å². The zero-order valence-corrected chi connectivity index (χ0v) is 14.2. The Labute approximate surface area is 144 Å². The van der Waals surface area contributed by atoms with Gasteiger partial charge in [0.05, 0.1) is 30.8 Å². The summed E-state index contributed by atoms with van der Waals surface area (Å²) in [5.74, 6) is -0.724. The number of carbonyl (C=O) groups excluding carboxylic acids is 2. The minimum absolute atomic E-state index is 0.207. The normalized spacial score (nSPS) is 10.9. The molecule has 0 radical (unpaired) electrons. The molecule has 1 amide bonds. The van der Waals surface area contributed by atoms with Crippen molar-refractivity contribution >= 4 is 28.6 Å². The largest absolute Gasteiger partial charge is 0.465 e. The molecule has 0 spiro atoms. The molecule has 128 valence electrons. The number of fused-ring (bicyclic) bond motifs is 1. The van der Waals surface area contributed by atoms with Gasteiger partial charge < -0.3 is 10.1 Å². The number of hydrogen-bond donors (Lipinski definition) is 1. The van der Waals surface area contributed by atoms with Gasteiger partial charge in [-0.2, -0.15) is 5.10 Å². The molecular formula is C18H18N4O3. The van der Waals surface area contributed by atoms with Crippen molar-refractivity contribution in [2.75, 3.05) is 12.4 Å². The maximum absolute atomic E-state index is 12.3. The lowest BCUT2D eigenvalue weighted by Crippen LogP contribution is -2.12. The van der Waals surface area contributed by atoms with Crippen LogP contribution in [-0.2, 0) is 4.74 Å². The number of pyridine rings is 1. The van der Waals surface area contributed by atoms with Crippen LogP contribution in [-0.4, -0.2) is 33.8 Å². The number of nitrogens with zero attached hydrogens (tertiary/aromatic N) is 3. The van der Waals surface area contributed by atoms with Crippen molar-refractivity contribution in [3.05, 3.63) is 53.9 Å². The highest BCUT2D eigenvalue weighted by molar-refractivity contribution is 6.05. The number of amides is 1. The topological polar surface area (TPSA) is 86.1 Å². The zero-order valence-electron chi connectivity index (χ0n) is 14.2. The van der Waals surface area contributed by atoms with Crippen LogP contribution in [0.25, 0.3) is 11.0 Å². The number of esters is 1. The third-order valence-electron chi connectivity index (χ3n) is 3.75. The lowest BCUT2D eigenvalue weighted by molar-refractivity contribution is 0.0600. The van der Waals surface area contributed by atoms with Crippen LogP contribution >= 0.6 is 0 Å². The molecule has 7 heteroatoms. The quantitative estimate of drug-likeness (QED) is 0.739. The molecular weight excluding hydrogens is 320 g/mol. The molecule has 0 saturated carbocycles. The summed E-state index contributed by atoms with van der Waals surface area (Å²) < 4.78 is 6.46. The second kappa shape index (κ2) is 6.72. The van der Waals surface area contributed by atoms with Crippen molar-refractivity contribution in [1.29, 1.82) is 0 Å². The molecule has 1 N–H and O–H groups in total. The first kappa shape index (κ1) is 16.6. The van der Waals surface area contributed by atoms with Gasteiger partial charge in [-0.3, -0.25) is 4.79 Å². The fourth-order valence-electron chi connectivity index (χ4n) is 2.47. The van der Waals surface area contributed by atoms with Crippen LogP contribution in [0.5, 0.6) is 0 Å². The summed E-state index contributed by atoms with van der Waals surface area (Å²) in [7, 11) is 1.31. The van der Waals surface area contributed by atoms with Gasteiger partial charge in [0, 0.05) is 17.0 Å². The van der Waals surface area contributed by atoms with Crippen molar-refractivity contribution < 1.29 is 14.3 Å². The molecule has 0 aliphatic carbocycles. The number of rotatable bonds is 4. The average Bonchev–Trinajstić information content (AvgIpc) is 3.04.